The average Bonchev–Trinajstić information content (AvgIpc) is 2.79. The number of nitrogens with one attached hydrogen (secondary N) is 1. The summed E-state index contributed by atoms with van der Waals surface area (Å²) in [5, 5.41) is 1.04. The predicted molar refractivity (Wildman–Crippen MR) is 126 cm³/mol. The number of amides is 2. The van der Waals surface area contributed by atoms with Crippen LogP contribution >= 0.6 is 0 Å². The molecule has 0 spiro atoms. The highest BCUT2D eigenvalue weighted by Crippen LogP contribution is 2.23. The Kier molecular flexibility index (Phi) is 8.71. The number of hydrogen-bond donors (Lipinski definition) is 1. The van der Waals surface area contributed by atoms with Crippen LogP contribution in [-0.4, -0.2) is 32.4 Å². The lowest BCUT2D eigenvalue weighted by Gasteiger charge is -2.31. The van der Waals surface area contributed by atoms with Gasteiger partial charge in [0, 0.05) is 13.1 Å². The molecule has 0 atom stereocenters. The molecule has 2 aromatic rings. The number of nitrogens with zero attached hydrogens (tertiary/aromatic N) is 1. The van der Waals surface area contributed by atoms with Crippen molar-refractivity contribution in [3.05, 3.63) is 77.2 Å². The van der Waals surface area contributed by atoms with Gasteiger partial charge in [-0.1, -0.05) is 79.9 Å². The number of carbonyl (C=O) groups is 1. The number of aryl methyl sites for hydroxylation is 1. The van der Waals surface area contributed by atoms with Crippen molar-refractivity contribution in [1.29, 1.82) is 0 Å². The van der Waals surface area contributed by atoms with Gasteiger partial charge in [0.2, 0.25) is 0 Å². The van der Waals surface area contributed by atoms with Gasteiger partial charge >= 0.3 is 6.03 Å². The minimum atomic E-state index is -3.81. The first-order chi connectivity index (χ1) is 15.0. The van der Waals surface area contributed by atoms with Crippen LogP contribution in [0.15, 0.2) is 66.1 Å². The molecule has 166 valence electrons. The zero-order chi connectivity index (χ0) is 21.9. The third-order valence-electron chi connectivity index (χ3n) is 5.79. The molecule has 1 saturated heterocycles. The summed E-state index contributed by atoms with van der Waals surface area (Å²) in [4.78, 5) is 14.0. The van der Waals surface area contributed by atoms with Crippen molar-refractivity contribution < 1.29 is 13.2 Å². The maximum absolute atomic E-state index is 12.4. The van der Waals surface area contributed by atoms with E-state index in [0.717, 1.165) is 30.2 Å². The summed E-state index contributed by atoms with van der Waals surface area (Å²) < 4.78 is 26.5. The van der Waals surface area contributed by atoms with Gasteiger partial charge in [0.25, 0.3) is 10.0 Å². The maximum atomic E-state index is 12.4. The van der Waals surface area contributed by atoms with E-state index in [2.05, 4.69) is 29.0 Å². The number of unbranched alkanes of at least 4 members (excludes halogenated alkanes) is 2. The molecule has 2 aromatic carbocycles. The maximum Gasteiger partial charge on any atom is 0.331 e. The Balaban J connectivity index is 1.33. The zero-order valence-corrected chi connectivity index (χ0v) is 18.8. The molecule has 0 aliphatic carbocycles. The van der Waals surface area contributed by atoms with E-state index in [1.54, 1.807) is 17.0 Å². The van der Waals surface area contributed by atoms with E-state index in [9.17, 15) is 13.2 Å². The van der Waals surface area contributed by atoms with Gasteiger partial charge in [0.05, 0.1) is 5.41 Å². The van der Waals surface area contributed by atoms with Gasteiger partial charge < -0.3 is 4.90 Å². The Morgan fingerprint density at radius 1 is 0.935 bits per heavy atom. The van der Waals surface area contributed by atoms with Crippen LogP contribution in [0.5, 0.6) is 0 Å². The summed E-state index contributed by atoms with van der Waals surface area (Å²) >= 11 is 0. The lowest BCUT2D eigenvalue weighted by molar-refractivity contribution is 0.172. The van der Waals surface area contributed by atoms with Gasteiger partial charge in [-0.2, -0.15) is 0 Å². The fourth-order valence-electron chi connectivity index (χ4n) is 3.96. The molecule has 0 aromatic heterocycles. The van der Waals surface area contributed by atoms with Crippen molar-refractivity contribution in [3.63, 3.8) is 0 Å². The number of carbonyl (C=O) groups excluding carboxylic acids is 1. The van der Waals surface area contributed by atoms with E-state index < -0.39 is 16.1 Å². The number of urea groups is 1. The van der Waals surface area contributed by atoms with Crippen LogP contribution in [0.2, 0.25) is 0 Å². The summed E-state index contributed by atoms with van der Waals surface area (Å²) in [7, 11) is -3.81. The van der Waals surface area contributed by atoms with Gasteiger partial charge in [0.15, 0.2) is 0 Å². The summed E-state index contributed by atoms with van der Waals surface area (Å²) in [5.41, 5.74) is 2.17. The molecule has 0 radical (unpaired) electrons. The molecule has 0 bridgehead atoms. The van der Waals surface area contributed by atoms with E-state index in [1.165, 1.54) is 37.3 Å². The summed E-state index contributed by atoms with van der Waals surface area (Å²) in [6, 6.07) is 19.2. The molecule has 1 aliphatic heterocycles. The molecule has 0 saturated carbocycles. The first-order valence-corrected chi connectivity index (χ1v) is 12.7. The molecule has 31 heavy (non-hydrogen) atoms. The molecular formula is C25H32N2O3S. The van der Waals surface area contributed by atoms with E-state index in [-0.39, 0.29) is 0 Å². The van der Waals surface area contributed by atoms with Crippen LogP contribution in [0.3, 0.4) is 0 Å². The molecule has 1 fully saturated rings. The van der Waals surface area contributed by atoms with E-state index >= 15 is 0 Å². The topological polar surface area (TPSA) is 66.5 Å². The Hall–Kier alpha value is -2.60. The van der Waals surface area contributed by atoms with Crippen LogP contribution < -0.4 is 4.72 Å². The fraction of sp³-hybridized carbons (Fsp3) is 0.400. The molecule has 1 aliphatic rings. The molecule has 3 rings (SSSR count). The first-order valence-electron chi connectivity index (χ1n) is 11.1. The Labute approximate surface area is 186 Å². The van der Waals surface area contributed by atoms with Gasteiger partial charge in [-0.05, 0) is 48.8 Å². The summed E-state index contributed by atoms with van der Waals surface area (Å²) in [6.45, 7) is 1.22. The van der Waals surface area contributed by atoms with Gasteiger partial charge in [0.1, 0.15) is 0 Å². The monoisotopic (exact) mass is 440 g/mol. The van der Waals surface area contributed by atoms with Crippen molar-refractivity contribution >= 4 is 22.1 Å². The van der Waals surface area contributed by atoms with Crippen LogP contribution in [0.25, 0.3) is 6.08 Å². The largest absolute Gasteiger partial charge is 0.331 e. The smallest absolute Gasteiger partial charge is 0.324 e. The van der Waals surface area contributed by atoms with Crippen LogP contribution in [-0.2, 0) is 16.4 Å². The third kappa shape index (κ3) is 8.21. The van der Waals surface area contributed by atoms with Gasteiger partial charge in [-0.15, -0.1) is 0 Å². The van der Waals surface area contributed by atoms with Crippen molar-refractivity contribution in [1.82, 2.24) is 9.62 Å². The number of benzene rings is 2. The van der Waals surface area contributed by atoms with Crippen molar-refractivity contribution in [2.24, 2.45) is 5.92 Å². The van der Waals surface area contributed by atoms with Crippen molar-refractivity contribution in [2.45, 2.75) is 44.9 Å². The normalized spacial score (nSPS) is 15.3. The Morgan fingerprint density at radius 2 is 1.58 bits per heavy atom. The SMILES string of the molecule is O=C(NS(=O)(=O)/C=C/c1ccccc1)N1CCC(CCCCCc2ccccc2)CC1. The van der Waals surface area contributed by atoms with Crippen molar-refractivity contribution in [3.8, 4) is 0 Å². The van der Waals surface area contributed by atoms with Crippen LogP contribution in [0, 0.1) is 5.92 Å². The van der Waals surface area contributed by atoms with Crippen LogP contribution in [0.4, 0.5) is 4.79 Å². The molecule has 0 unspecified atom stereocenters. The number of rotatable bonds is 9. The minimum absolute atomic E-state index is 0.529. The third-order valence-corrected chi connectivity index (χ3v) is 6.74. The standard InChI is InChI=1S/C25H32N2O3S/c28-25(26-31(29,30)21-18-23-13-7-3-8-14-23)27-19-16-24(17-20-27)15-9-2-6-12-22-10-4-1-5-11-22/h1,3-5,7-8,10-11,13-14,18,21,24H,2,6,9,12,15-17,19-20H2,(H,26,28)/b21-18+. The van der Waals surface area contributed by atoms with E-state index in [1.807, 2.05) is 24.3 Å². The zero-order valence-electron chi connectivity index (χ0n) is 17.9. The fourth-order valence-corrected chi connectivity index (χ4v) is 4.74. The number of sulfonamides is 1. The lowest BCUT2D eigenvalue weighted by atomic mass is 9.91. The van der Waals surface area contributed by atoms with Gasteiger partial charge in [-0.3, -0.25) is 0 Å². The summed E-state index contributed by atoms with van der Waals surface area (Å²) in [6.07, 6.45) is 9.32. The van der Waals surface area contributed by atoms with E-state index in [4.69, 9.17) is 0 Å². The Bertz CT molecular complexity index is 935. The molecule has 1 heterocycles. The number of piperidine rings is 1. The van der Waals surface area contributed by atoms with Crippen molar-refractivity contribution in [2.75, 3.05) is 13.1 Å². The average molecular weight is 441 g/mol. The highest BCUT2D eigenvalue weighted by atomic mass is 32.2. The molecule has 2 amide bonds. The molecular weight excluding hydrogens is 408 g/mol. The Morgan fingerprint density at radius 3 is 2.26 bits per heavy atom. The molecule has 1 N–H and O–H groups in total. The van der Waals surface area contributed by atoms with E-state index in [0.29, 0.717) is 19.0 Å². The molecule has 6 heteroatoms. The summed E-state index contributed by atoms with van der Waals surface area (Å²) in [5.74, 6) is 0.621. The lowest BCUT2D eigenvalue weighted by Crippen LogP contribution is -2.45. The minimum Gasteiger partial charge on any atom is -0.324 e. The molecule has 5 nitrogen and oxygen atoms in total. The number of likely N-dealkylation sites (tertiary alicyclic amines) is 1. The highest BCUT2D eigenvalue weighted by molar-refractivity contribution is 7.93. The predicted octanol–water partition coefficient (Wildman–Crippen LogP) is 5.21. The van der Waals surface area contributed by atoms with Crippen LogP contribution in [0.1, 0.15) is 49.7 Å². The second-order valence-corrected chi connectivity index (χ2v) is 9.75. The second-order valence-electron chi connectivity index (χ2n) is 8.18. The highest BCUT2D eigenvalue weighted by Gasteiger charge is 2.24. The first kappa shape index (κ1) is 23.1. The quantitative estimate of drug-likeness (QED) is 0.544. The number of hydrogen-bond acceptors (Lipinski definition) is 3. The van der Waals surface area contributed by atoms with Gasteiger partial charge in [-0.25, -0.2) is 17.9 Å². The second kappa shape index (κ2) is 11.7.